The zero-order valence-electron chi connectivity index (χ0n) is 22.2. The van der Waals surface area contributed by atoms with E-state index >= 15 is 0 Å². The van der Waals surface area contributed by atoms with Gasteiger partial charge in [-0.1, -0.05) is 20.8 Å². The highest BCUT2D eigenvalue weighted by Crippen LogP contribution is 2.39. The number of aromatic nitrogens is 1. The molecule has 0 saturated carbocycles. The highest BCUT2D eigenvalue weighted by molar-refractivity contribution is 7.90. The summed E-state index contributed by atoms with van der Waals surface area (Å²) < 4.78 is 48.2. The van der Waals surface area contributed by atoms with Crippen molar-refractivity contribution in [2.75, 3.05) is 31.1 Å². The number of ether oxygens (including phenoxy) is 1. The number of nitrogens with one attached hydrogen (secondary N) is 2. The Morgan fingerprint density at radius 3 is 2.65 bits per heavy atom. The molecular weight excluding hydrogens is 495 g/mol. The number of carbonyl (C=O) groups is 1. The maximum absolute atomic E-state index is 14.5. The van der Waals surface area contributed by atoms with Gasteiger partial charge in [0.1, 0.15) is 17.4 Å². The highest BCUT2D eigenvalue weighted by atomic mass is 32.2. The molecule has 1 aromatic carbocycles. The molecule has 3 heterocycles. The molecule has 2 atom stereocenters. The molecular formula is C27H37FN4O4S. The smallest absolute Gasteiger partial charge is 0.268 e. The molecule has 0 aliphatic carbocycles. The molecule has 4 rings (SSSR count). The maximum Gasteiger partial charge on any atom is 0.268 e. The minimum absolute atomic E-state index is 0.174. The topological polar surface area (TPSA) is 101 Å². The summed E-state index contributed by atoms with van der Waals surface area (Å²) in [5.41, 5.74) is 0.844. The predicted octanol–water partition coefficient (Wildman–Crippen LogP) is 3.97. The molecule has 8 nitrogen and oxygen atoms in total. The van der Waals surface area contributed by atoms with E-state index in [2.05, 4.69) is 35.7 Å². The third-order valence-corrected chi connectivity index (χ3v) is 9.25. The summed E-state index contributed by atoms with van der Waals surface area (Å²) in [4.78, 5) is 20.2. The lowest BCUT2D eigenvalue weighted by molar-refractivity contribution is 0.0981. The Hall–Kier alpha value is -2.72. The number of amides is 1. The Labute approximate surface area is 219 Å². The van der Waals surface area contributed by atoms with Gasteiger partial charge in [-0.15, -0.1) is 0 Å². The lowest BCUT2D eigenvalue weighted by atomic mass is 9.90. The van der Waals surface area contributed by atoms with Crippen molar-refractivity contribution in [2.45, 2.75) is 58.2 Å². The van der Waals surface area contributed by atoms with Gasteiger partial charge < -0.3 is 15.0 Å². The number of nitrogens with zero attached hydrogens (tertiary/aromatic N) is 2. The van der Waals surface area contributed by atoms with Crippen LogP contribution >= 0.6 is 0 Å². The molecule has 2 N–H and O–H groups in total. The molecule has 0 radical (unpaired) electrons. The van der Waals surface area contributed by atoms with Crippen LogP contribution in [0.4, 0.5) is 10.2 Å². The molecule has 2 saturated heterocycles. The lowest BCUT2D eigenvalue weighted by Gasteiger charge is -2.36. The first-order chi connectivity index (χ1) is 17.4. The van der Waals surface area contributed by atoms with Crippen LogP contribution in [0.3, 0.4) is 0 Å². The monoisotopic (exact) mass is 532 g/mol. The largest absolute Gasteiger partial charge is 0.493 e. The summed E-state index contributed by atoms with van der Waals surface area (Å²) >= 11 is 0. The first-order valence-electron chi connectivity index (χ1n) is 12.9. The van der Waals surface area contributed by atoms with E-state index in [1.165, 1.54) is 12.1 Å². The molecule has 2 unspecified atom stereocenters. The molecule has 2 aliphatic heterocycles. The van der Waals surface area contributed by atoms with Gasteiger partial charge in [0.05, 0.1) is 23.1 Å². The molecule has 1 aromatic heterocycles. The van der Waals surface area contributed by atoms with Crippen molar-refractivity contribution in [1.82, 2.24) is 15.0 Å². The van der Waals surface area contributed by atoms with E-state index in [1.807, 2.05) is 13.8 Å². The Bertz CT molecular complexity index is 1260. The number of hydrogen-bond donors (Lipinski definition) is 2. The Morgan fingerprint density at radius 2 is 2.03 bits per heavy atom. The van der Waals surface area contributed by atoms with Crippen LogP contribution in [-0.4, -0.2) is 56.3 Å². The number of anilines is 1. The number of hydrogen-bond acceptors (Lipinski definition) is 7. The van der Waals surface area contributed by atoms with Gasteiger partial charge in [0.25, 0.3) is 5.91 Å². The second kappa shape index (κ2) is 10.6. The number of rotatable bonds is 8. The van der Waals surface area contributed by atoms with E-state index in [-0.39, 0.29) is 17.0 Å². The van der Waals surface area contributed by atoms with E-state index in [0.29, 0.717) is 61.4 Å². The van der Waals surface area contributed by atoms with Crippen molar-refractivity contribution in [1.29, 1.82) is 0 Å². The molecule has 2 fully saturated rings. The summed E-state index contributed by atoms with van der Waals surface area (Å²) in [6.45, 7) is 12.4. The molecule has 37 heavy (non-hydrogen) atoms. The molecule has 202 valence electrons. The average molecular weight is 533 g/mol. The lowest BCUT2D eigenvalue weighted by Crippen LogP contribution is -2.44. The van der Waals surface area contributed by atoms with Crippen LogP contribution in [0.5, 0.6) is 5.75 Å². The number of benzene rings is 1. The first kappa shape index (κ1) is 27.3. The predicted molar refractivity (Wildman–Crippen MR) is 143 cm³/mol. The number of pyridine rings is 1. The molecule has 1 amide bonds. The fourth-order valence-corrected chi connectivity index (χ4v) is 6.12. The van der Waals surface area contributed by atoms with Crippen molar-refractivity contribution >= 4 is 21.7 Å². The second-order valence-corrected chi connectivity index (χ2v) is 13.0. The molecule has 0 spiro atoms. The SMILES string of the molecule is CC(C)COc1cc(F)cc(-c2ccc(C(=O)NS(=O)(=O)C3CCNC3)c(N3CCC(C)C3(C)C)n2)c1. The zero-order valence-corrected chi connectivity index (χ0v) is 23.0. The van der Waals surface area contributed by atoms with E-state index in [1.54, 1.807) is 18.2 Å². The second-order valence-electron chi connectivity index (χ2n) is 11.0. The third-order valence-electron chi connectivity index (χ3n) is 7.50. The van der Waals surface area contributed by atoms with Gasteiger partial charge in [0, 0.05) is 30.3 Å². The van der Waals surface area contributed by atoms with Crippen LogP contribution in [0.15, 0.2) is 30.3 Å². The maximum atomic E-state index is 14.5. The van der Waals surface area contributed by atoms with E-state index < -0.39 is 27.0 Å². The highest BCUT2D eigenvalue weighted by Gasteiger charge is 2.41. The summed E-state index contributed by atoms with van der Waals surface area (Å²) in [6.07, 6.45) is 1.35. The molecule has 0 bridgehead atoms. The van der Waals surface area contributed by atoms with Crippen molar-refractivity contribution in [3.05, 3.63) is 41.7 Å². The van der Waals surface area contributed by atoms with Crippen molar-refractivity contribution in [3.63, 3.8) is 0 Å². The van der Waals surface area contributed by atoms with Crippen molar-refractivity contribution in [2.24, 2.45) is 11.8 Å². The summed E-state index contributed by atoms with van der Waals surface area (Å²) in [5, 5.41) is 2.36. The fourth-order valence-electron chi connectivity index (χ4n) is 4.82. The zero-order chi connectivity index (χ0) is 27.0. The number of halogens is 1. The van der Waals surface area contributed by atoms with Gasteiger partial charge in [-0.25, -0.2) is 22.5 Å². The van der Waals surface area contributed by atoms with Crippen LogP contribution in [0.1, 0.15) is 57.8 Å². The third kappa shape index (κ3) is 5.90. The van der Waals surface area contributed by atoms with Crippen LogP contribution in [0.25, 0.3) is 11.3 Å². The average Bonchev–Trinajstić information content (AvgIpc) is 3.46. The Balaban J connectivity index is 1.74. The normalized spacial score (nSPS) is 21.4. The van der Waals surface area contributed by atoms with Crippen LogP contribution in [-0.2, 0) is 10.0 Å². The van der Waals surface area contributed by atoms with Gasteiger partial charge >= 0.3 is 0 Å². The number of sulfonamides is 1. The van der Waals surface area contributed by atoms with Crippen molar-refractivity contribution in [3.8, 4) is 17.0 Å². The van der Waals surface area contributed by atoms with Gasteiger partial charge in [-0.05, 0) is 69.3 Å². The van der Waals surface area contributed by atoms with E-state index in [0.717, 1.165) is 6.42 Å². The van der Waals surface area contributed by atoms with Crippen LogP contribution in [0.2, 0.25) is 0 Å². The Kier molecular flexibility index (Phi) is 7.80. The summed E-state index contributed by atoms with van der Waals surface area (Å²) in [6, 6.07) is 7.64. The van der Waals surface area contributed by atoms with Crippen LogP contribution in [0, 0.1) is 17.7 Å². The molecule has 2 aliphatic rings. The van der Waals surface area contributed by atoms with Gasteiger partial charge in [0.15, 0.2) is 0 Å². The standard InChI is InChI=1S/C27H37FN4O4S/c1-17(2)16-36-21-13-19(12-20(28)14-21)24-7-6-23(25(30-24)32-11-9-18(3)27(32,4)5)26(33)31-37(34,35)22-8-10-29-15-22/h6-7,12-14,17-18,22,29H,8-11,15-16H2,1-5H3,(H,31,33). The van der Waals surface area contributed by atoms with Gasteiger partial charge in [0.2, 0.25) is 10.0 Å². The minimum Gasteiger partial charge on any atom is -0.493 e. The minimum atomic E-state index is -3.85. The molecule has 2 aromatic rings. The van der Waals surface area contributed by atoms with Crippen molar-refractivity contribution < 1.29 is 22.3 Å². The number of carbonyl (C=O) groups excluding carboxylic acids is 1. The van der Waals surface area contributed by atoms with Gasteiger partial charge in [-0.2, -0.15) is 0 Å². The Morgan fingerprint density at radius 1 is 1.27 bits per heavy atom. The van der Waals surface area contributed by atoms with Crippen LogP contribution < -0.4 is 19.7 Å². The molecule has 10 heteroatoms. The van der Waals surface area contributed by atoms with Gasteiger partial charge in [-0.3, -0.25) is 4.79 Å². The van der Waals surface area contributed by atoms with E-state index in [9.17, 15) is 17.6 Å². The summed E-state index contributed by atoms with van der Waals surface area (Å²) in [7, 11) is -3.85. The quantitative estimate of drug-likeness (QED) is 0.531. The fraction of sp³-hybridized carbons (Fsp3) is 0.556. The first-order valence-corrected chi connectivity index (χ1v) is 14.4. The summed E-state index contributed by atoms with van der Waals surface area (Å²) in [5.74, 6) is 0.236. The van der Waals surface area contributed by atoms with E-state index in [4.69, 9.17) is 9.72 Å².